The average molecular weight is 337 g/mol. The summed E-state index contributed by atoms with van der Waals surface area (Å²) in [5.74, 6) is 8.15. The minimum absolute atomic E-state index is 0.00495. The van der Waals surface area contributed by atoms with E-state index in [0.717, 1.165) is 11.4 Å². The summed E-state index contributed by atoms with van der Waals surface area (Å²) in [5, 5.41) is 5.90. The van der Waals surface area contributed by atoms with Gasteiger partial charge in [0.1, 0.15) is 0 Å². The first kappa shape index (κ1) is 16.5. The minimum atomic E-state index is -0.00495. The van der Waals surface area contributed by atoms with Gasteiger partial charge in [-0.2, -0.15) is 28.6 Å². The van der Waals surface area contributed by atoms with Crippen LogP contribution in [0.1, 0.15) is 18.7 Å². The van der Waals surface area contributed by atoms with Gasteiger partial charge >= 0.3 is 0 Å². The molecular formula is C12H21ClN4OS2. The largest absolute Gasteiger partial charge is 0.383 e. The molecule has 5 nitrogen and oxygen atoms in total. The van der Waals surface area contributed by atoms with Gasteiger partial charge in [-0.25, -0.2) is 0 Å². The molecule has 0 bridgehead atoms. The van der Waals surface area contributed by atoms with Crippen LogP contribution in [0.15, 0.2) is 6.20 Å². The minimum Gasteiger partial charge on any atom is -0.383 e. The standard InChI is InChI=1S/C12H21ClN4OS2/c1-8-12(20-6-5-19-8)10(16-14)11-9(13)7-15-17(11)3-4-18-2/h7-8,10,12,16H,3-6,14H2,1-2H3. The first-order chi connectivity index (χ1) is 9.69. The Morgan fingerprint density at radius 2 is 2.35 bits per heavy atom. The zero-order chi connectivity index (χ0) is 14.5. The van der Waals surface area contributed by atoms with Crippen molar-refractivity contribution < 1.29 is 4.74 Å². The van der Waals surface area contributed by atoms with Crippen molar-refractivity contribution in [3.63, 3.8) is 0 Å². The van der Waals surface area contributed by atoms with Crippen LogP contribution in [0.3, 0.4) is 0 Å². The first-order valence-corrected chi connectivity index (χ1v) is 9.06. The van der Waals surface area contributed by atoms with E-state index in [9.17, 15) is 0 Å². The highest BCUT2D eigenvalue weighted by Crippen LogP contribution is 2.39. The molecule has 2 heterocycles. The number of ether oxygens (including phenoxy) is 1. The van der Waals surface area contributed by atoms with Crippen LogP contribution >= 0.6 is 35.1 Å². The molecule has 0 saturated carbocycles. The van der Waals surface area contributed by atoms with Crippen LogP contribution in [0.5, 0.6) is 0 Å². The van der Waals surface area contributed by atoms with E-state index in [0.29, 0.717) is 28.7 Å². The van der Waals surface area contributed by atoms with Crippen LogP contribution in [0.25, 0.3) is 0 Å². The molecule has 20 heavy (non-hydrogen) atoms. The van der Waals surface area contributed by atoms with Gasteiger partial charge in [-0.05, 0) is 0 Å². The lowest BCUT2D eigenvalue weighted by Gasteiger charge is -2.34. The van der Waals surface area contributed by atoms with E-state index in [-0.39, 0.29) is 6.04 Å². The lowest BCUT2D eigenvalue weighted by atomic mass is 10.1. The number of hydrogen-bond acceptors (Lipinski definition) is 6. The van der Waals surface area contributed by atoms with Crippen LogP contribution < -0.4 is 11.3 Å². The smallest absolute Gasteiger partial charge is 0.0835 e. The van der Waals surface area contributed by atoms with Gasteiger partial charge in [0.15, 0.2) is 0 Å². The molecule has 1 aromatic rings. The van der Waals surface area contributed by atoms with Crippen LogP contribution in [-0.4, -0.2) is 45.5 Å². The van der Waals surface area contributed by atoms with Crippen LogP contribution in [-0.2, 0) is 11.3 Å². The summed E-state index contributed by atoms with van der Waals surface area (Å²) in [6.07, 6.45) is 1.68. The van der Waals surface area contributed by atoms with E-state index in [1.807, 2.05) is 28.2 Å². The number of methoxy groups -OCH3 is 1. The summed E-state index contributed by atoms with van der Waals surface area (Å²) >= 11 is 10.3. The van der Waals surface area contributed by atoms with Gasteiger partial charge in [-0.3, -0.25) is 16.0 Å². The maximum Gasteiger partial charge on any atom is 0.0835 e. The molecular weight excluding hydrogens is 316 g/mol. The molecule has 3 atom stereocenters. The van der Waals surface area contributed by atoms with Crippen molar-refractivity contribution in [2.45, 2.75) is 30.0 Å². The SMILES string of the molecule is COCCn1ncc(Cl)c1C(NN)C1SCCSC1C. The van der Waals surface area contributed by atoms with Crippen LogP contribution in [0, 0.1) is 0 Å². The van der Waals surface area contributed by atoms with Gasteiger partial charge in [-0.1, -0.05) is 18.5 Å². The molecule has 1 aliphatic heterocycles. The number of nitrogens with one attached hydrogen (secondary N) is 1. The topological polar surface area (TPSA) is 65.1 Å². The molecule has 3 N–H and O–H groups in total. The molecule has 0 amide bonds. The second kappa shape index (κ2) is 7.91. The van der Waals surface area contributed by atoms with E-state index in [1.165, 1.54) is 5.75 Å². The number of thioether (sulfide) groups is 2. The average Bonchev–Trinajstić information content (AvgIpc) is 2.81. The molecule has 1 fully saturated rings. The fraction of sp³-hybridized carbons (Fsp3) is 0.750. The van der Waals surface area contributed by atoms with E-state index >= 15 is 0 Å². The van der Waals surface area contributed by atoms with E-state index < -0.39 is 0 Å². The maximum absolute atomic E-state index is 6.33. The van der Waals surface area contributed by atoms with Crippen molar-refractivity contribution >= 4 is 35.1 Å². The highest BCUT2D eigenvalue weighted by Gasteiger charge is 2.34. The monoisotopic (exact) mass is 336 g/mol. The Morgan fingerprint density at radius 3 is 3.00 bits per heavy atom. The number of hydrazine groups is 1. The Hall–Kier alpha value is 0.0800. The fourth-order valence-electron chi connectivity index (χ4n) is 2.38. The van der Waals surface area contributed by atoms with Gasteiger partial charge in [0, 0.05) is 29.1 Å². The molecule has 1 aliphatic rings. The van der Waals surface area contributed by atoms with Crippen LogP contribution in [0.4, 0.5) is 0 Å². The molecule has 0 radical (unpaired) electrons. The van der Waals surface area contributed by atoms with E-state index in [4.69, 9.17) is 22.2 Å². The van der Waals surface area contributed by atoms with Crippen molar-refractivity contribution in [1.29, 1.82) is 0 Å². The second-order valence-corrected chi connectivity index (χ2v) is 7.83. The summed E-state index contributed by atoms with van der Waals surface area (Å²) < 4.78 is 7.02. The molecule has 3 unspecified atom stereocenters. The maximum atomic E-state index is 6.33. The molecule has 0 spiro atoms. The number of rotatable bonds is 6. The summed E-state index contributed by atoms with van der Waals surface area (Å²) in [4.78, 5) is 0. The van der Waals surface area contributed by atoms with E-state index in [1.54, 1.807) is 13.3 Å². The number of aromatic nitrogens is 2. The molecule has 1 aromatic heterocycles. The van der Waals surface area contributed by atoms with Gasteiger partial charge in [-0.15, -0.1) is 0 Å². The van der Waals surface area contributed by atoms with Gasteiger partial charge in [0.2, 0.25) is 0 Å². The van der Waals surface area contributed by atoms with Gasteiger partial charge < -0.3 is 4.74 Å². The highest BCUT2D eigenvalue weighted by atomic mass is 35.5. The van der Waals surface area contributed by atoms with Crippen molar-refractivity contribution in [3.05, 3.63) is 16.9 Å². The molecule has 114 valence electrons. The number of nitrogens with zero attached hydrogens (tertiary/aromatic N) is 2. The number of halogens is 1. The van der Waals surface area contributed by atoms with Crippen molar-refractivity contribution in [2.75, 3.05) is 25.2 Å². The van der Waals surface area contributed by atoms with Crippen molar-refractivity contribution in [3.8, 4) is 0 Å². The van der Waals surface area contributed by atoms with Crippen LogP contribution in [0.2, 0.25) is 5.02 Å². The molecule has 8 heteroatoms. The third-order valence-electron chi connectivity index (χ3n) is 3.38. The molecule has 2 rings (SSSR count). The van der Waals surface area contributed by atoms with Gasteiger partial charge in [0.25, 0.3) is 0 Å². The second-order valence-electron chi connectivity index (χ2n) is 4.65. The molecule has 0 aromatic carbocycles. The summed E-state index contributed by atoms with van der Waals surface area (Å²) in [6, 6.07) is -0.00495. The van der Waals surface area contributed by atoms with Crippen molar-refractivity contribution in [1.82, 2.24) is 15.2 Å². The van der Waals surface area contributed by atoms with E-state index in [2.05, 4.69) is 17.4 Å². The van der Waals surface area contributed by atoms with Crippen molar-refractivity contribution in [2.24, 2.45) is 5.84 Å². The lowest BCUT2D eigenvalue weighted by Crippen LogP contribution is -2.42. The quantitative estimate of drug-likeness (QED) is 0.611. The summed E-state index contributed by atoms with van der Waals surface area (Å²) in [5.41, 5.74) is 3.90. The highest BCUT2D eigenvalue weighted by molar-refractivity contribution is 8.07. The third-order valence-corrected chi connectivity index (χ3v) is 6.87. The third kappa shape index (κ3) is 3.64. The Balaban J connectivity index is 2.23. The normalized spacial score (nSPS) is 24.8. The zero-order valence-electron chi connectivity index (χ0n) is 11.7. The lowest BCUT2D eigenvalue weighted by molar-refractivity contribution is 0.181. The predicted molar refractivity (Wildman–Crippen MR) is 87.3 cm³/mol. The zero-order valence-corrected chi connectivity index (χ0v) is 14.1. The number of nitrogens with two attached hydrogens (primary N) is 1. The Kier molecular flexibility index (Phi) is 6.51. The first-order valence-electron chi connectivity index (χ1n) is 6.58. The van der Waals surface area contributed by atoms with Gasteiger partial charge in [0.05, 0.1) is 36.1 Å². The predicted octanol–water partition coefficient (Wildman–Crippen LogP) is 1.92. The Bertz CT molecular complexity index is 432. The summed E-state index contributed by atoms with van der Waals surface area (Å²) in [6.45, 7) is 3.52. The Labute approximate surface area is 133 Å². The summed E-state index contributed by atoms with van der Waals surface area (Å²) in [7, 11) is 1.68. The number of hydrogen-bond donors (Lipinski definition) is 2. The molecule has 1 saturated heterocycles. The molecule has 0 aliphatic carbocycles. The Morgan fingerprint density at radius 1 is 1.60 bits per heavy atom. The fourth-order valence-corrected chi connectivity index (χ4v) is 5.54.